The molecule has 1 aromatic rings. The van der Waals surface area contributed by atoms with Gasteiger partial charge in [-0.2, -0.15) is 0 Å². The van der Waals surface area contributed by atoms with E-state index >= 15 is 0 Å². The van der Waals surface area contributed by atoms with Crippen molar-refractivity contribution in [2.24, 2.45) is 5.73 Å². The van der Waals surface area contributed by atoms with Crippen molar-refractivity contribution in [2.45, 2.75) is 44.7 Å². The maximum atomic E-state index is 14.0. The van der Waals surface area contributed by atoms with E-state index in [9.17, 15) is 8.78 Å². The average Bonchev–Trinajstić information content (AvgIpc) is 3.11. The van der Waals surface area contributed by atoms with E-state index < -0.39 is 11.6 Å². The number of benzene rings is 1. The molecular formula is C14H20F2N2. The Morgan fingerprint density at radius 3 is 2.33 bits per heavy atom. The van der Waals surface area contributed by atoms with Crippen LogP contribution in [0.1, 0.15) is 31.7 Å². The van der Waals surface area contributed by atoms with Crippen molar-refractivity contribution in [2.75, 3.05) is 11.9 Å². The molecule has 1 fully saturated rings. The van der Waals surface area contributed by atoms with Gasteiger partial charge in [-0.15, -0.1) is 0 Å². The summed E-state index contributed by atoms with van der Waals surface area (Å²) in [5.41, 5.74) is 6.53. The molecule has 1 aliphatic rings. The first-order valence-corrected chi connectivity index (χ1v) is 6.49. The molecule has 1 saturated carbocycles. The van der Waals surface area contributed by atoms with Gasteiger partial charge in [0.15, 0.2) is 0 Å². The lowest BCUT2D eigenvalue weighted by Crippen LogP contribution is -2.24. The van der Waals surface area contributed by atoms with Gasteiger partial charge in [-0.3, -0.25) is 0 Å². The molecule has 1 atom stereocenters. The normalized spacial score (nSPS) is 16.7. The third-order valence-electron chi connectivity index (χ3n) is 3.55. The van der Waals surface area contributed by atoms with Gasteiger partial charge in [0.1, 0.15) is 17.3 Å². The first-order valence-electron chi connectivity index (χ1n) is 6.49. The van der Waals surface area contributed by atoms with E-state index in [-0.39, 0.29) is 17.8 Å². The zero-order chi connectivity index (χ0) is 13.3. The van der Waals surface area contributed by atoms with Gasteiger partial charge in [-0.25, -0.2) is 8.78 Å². The Kier molecular flexibility index (Phi) is 3.85. The molecule has 100 valence electrons. The third-order valence-corrected chi connectivity index (χ3v) is 3.55. The third kappa shape index (κ3) is 2.80. The second-order valence-corrected chi connectivity index (χ2v) is 5.12. The largest absolute Gasteiger partial charge is 0.367 e. The standard InChI is InChI=1S/C14H20F2N2/c1-3-10(17)6-9-7-12(15)14(13(16)8-9)18(2)11-4-5-11/h7-8,10-11H,3-6,17H2,1-2H3. The first-order chi connectivity index (χ1) is 8.52. The van der Waals surface area contributed by atoms with Crippen LogP contribution in [-0.4, -0.2) is 19.1 Å². The van der Waals surface area contributed by atoms with E-state index in [1.807, 2.05) is 6.92 Å². The number of nitrogens with zero attached hydrogens (tertiary/aromatic N) is 1. The molecule has 2 rings (SSSR count). The maximum Gasteiger partial charge on any atom is 0.149 e. The predicted molar refractivity (Wildman–Crippen MR) is 69.8 cm³/mol. The lowest BCUT2D eigenvalue weighted by Gasteiger charge is -2.21. The summed E-state index contributed by atoms with van der Waals surface area (Å²) in [6, 6.07) is 3.06. The van der Waals surface area contributed by atoms with Crippen LogP contribution in [0.2, 0.25) is 0 Å². The molecule has 4 heteroatoms. The van der Waals surface area contributed by atoms with Gasteiger partial charge in [-0.1, -0.05) is 6.92 Å². The Hall–Kier alpha value is -1.16. The van der Waals surface area contributed by atoms with Crippen molar-refractivity contribution in [3.8, 4) is 0 Å². The highest BCUT2D eigenvalue weighted by atomic mass is 19.1. The van der Waals surface area contributed by atoms with Crippen molar-refractivity contribution in [3.05, 3.63) is 29.3 Å². The molecule has 0 aliphatic heterocycles. The Morgan fingerprint density at radius 1 is 1.33 bits per heavy atom. The molecule has 1 unspecified atom stereocenters. The minimum Gasteiger partial charge on any atom is -0.367 e. The first kappa shape index (κ1) is 13.3. The molecule has 0 aromatic heterocycles. The number of rotatable bonds is 5. The second-order valence-electron chi connectivity index (χ2n) is 5.12. The molecule has 18 heavy (non-hydrogen) atoms. The van der Waals surface area contributed by atoms with E-state index in [0.717, 1.165) is 19.3 Å². The van der Waals surface area contributed by atoms with Crippen LogP contribution in [0.25, 0.3) is 0 Å². The van der Waals surface area contributed by atoms with E-state index in [1.165, 1.54) is 12.1 Å². The summed E-state index contributed by atoms with van der Waals surface area (Å²) >= 11 is 0. The highest BCUT2D eigenvalue weighted by molar-refractivity contribution is 5.52. The topological polar surface area (TPSA) is 29.3 Å². The highest BCUT2D eigenvalue weighted by Crippen LogP contribution is 2.34. The van der Waals surface area contributed by atoms with Crippen molar-refractivity contribution >= 4 is 5.69 Å². The van der Waals surface area contributed by atoms with Gasteiger partial charge in [-0.05, 0) is 43.4 Å². The van der Waals surface area contributed by atoms with E-state index in [4.69, 9.17) is 5.73 Å². The number of nitrogens with two attached hydrogens (primary N) is 1. The quantitative estimate of drug-likeness (QED) is 0.875. The Labute approximate surface area is 107 Å². The van der Waals surface area contributed by atoms with Gasteiger partial charge in [0.05, 0.1) is 0 Å². The van der Waals surface area contributed by atoms with Gasteiger partial charge in [0, 0.05) is 19.1 Å². The average molecular weight is 254 g/mol. The minimum absolute atomic E-state index is 0.0455. The van der Waals surface area contributed by atoms with Crippen LogP contribution in [0.15, 0.2) is 12.1 Å². The molecule has 0 radical (unpaired) electrons. The maximum absolute atomic E-state index is 14.0. The van der Waals surface area contributed by atoms with Crippen LogP contribution in [0.3, 0.4) is 0 Å². The highest BCUT2D eigenvalue weighted by Gasteiger charge is 2.30. The van der Waals surface area contributed by atoms with Gasteiger partial charge in [0.25, 0.3) is 0 Å². The van der Waals surface area contributed by atoms with Crippen LogP contribution in [-0.2, 0) is 6.42 Å². The van der Waals surface area contributed by atoms with Crippen LogP contribution in [0.4, 0.5) is 14.5 Å². The zero-order valence-electron chi connectivity index (χ0n) is 10.9. The van der Waals surface area contributed by atoms with Crippen LogP contribution in [0.5, 0.6) is 0 Å². The predicted octanol–water partition coefficient (Wildman–Crippen LogP) is 2.84. The molecule has 1 aromatic carbocycles. The number of halogens is 2. The van der Waals surface area contributed by atoms with E-state index in [0.29, 0.717) is 12.0 Å². The monoisotopic (exact) mass is 254 g/mol. The molecular weight excluding hydrogens is 234 g/mol. The fourth-order valence-corrected chi connectivity index (χ4v) is 2.16. The van der Waals surface area contributed by atoms with Crippen molar-refractivity contribution in [1.82, 2.24) is 0 Å². The summed E-state index contributed by atoms with van der Waals surface area (Å²) in [6.45, 7) is 1.96. The van der Waals surface area contributed by atoms with E-state index in [1.54, 1.807) is 11.9 Å². The smallest absolute Gasteiger partial charge is 0.149 e. The fraction of sp³-hybridized carbons (Fsp3) is 0.571. The molecule has 0 saturated heterocycles. The fourth-order valence-electron chi connectivity index (χ4n) is 2.16. The lowest BCUT2D eigenvalue weighted by molar-refractivity contribution is 0.567. The molecule has 0 spiro atoms. The van der Waals surface area contributed by atoms with Crippen LogP contribution >= 0.6 is 0 Å². The molecule has 0 bridgehead atoms. The zero-order valence-corrected chi connectivity index (χ0v) is 10.9. The van der Waals surface area contributed by atoms with Crippen molar-refractivity contribution in [3.63, 3.8) is 0 Å². The molecule has 0 amide bonds. The summed E-state index contributed by atoms with van der Waals surface area (Å²) < 4.78 is 28.0. The Morgan fingerprint density at radius 2 is 1.89 bits per heavy atom. The molecule has 2 N–H and O–H groups in total. The minimum atomic E-state index is -0.484. The summed E-state index contributed by atoms with van der Waals surface area (Å²) in [7, 11) is 1.75. The number of hydrogen-bond acceptors (Lipinski definition) is 2. The summed E-state index contributed by atoms with van der Waals surface area (Å²) in [5, 5.41) is 0. The van der Waals surface area contributed by atoms with Gasteiger partial charge >= 0.3 is 0 Å². The molecule has 1 aliphatic carbocycles. The van der Waals surface area contributed by atoms with Crippen molar-refractivity contribution in [1.29, 1.82) is 0 Å². The number of hydrogen-bond donors (Lipinski definition) is 1. The second kappa shape index (κ2) is 5.22. The van der Waals surface area contributed by atoms with E-state index in [2.05, 4.69) is 0 Å². The number of anilines is 1. The SMILES string of the molecule is CCC(N)Cc1cc(F)c(N(C)C2CC2)c(F)c1. The van der Waals surface area contributed by atoms with Crippen LogP contribution in [0, 0.1) is 11.6 Å². The van der Waals surface area contributed by atoms with Gasteiger partial charge in [0.2, 0.25) is 0 Å². The summed E-state index contributed by atoms with van der Waals surface area (Å²) in [5.74, 6) is -0.967. The van der Waals surface area contributed by atoms with Crippen molar-refractivity contribution < 1.29 is 8.78 Å². The van der Waals surface area contributed by atoms with Crippen LogP contribution < -0.4 is 10.6 Å². The Balaban J connectivity index is 2.22. The summed E-state index contributed by atoms with van der Waals surface area (Å²) in [6.07, 6.45) is 3.33. The lowest BCUT2D eigenvalue weighted by atomic mass is 10.0. The molecule has 2 nitrogen and oxygen atoms in total. The summed E-state index contributed by atoms with van der Waals surface area (Å²) in [4.78, 5) is 1.70. The molecule has 0 heterocycles. The van der Waals surface area contributed by atoms with Gasteiger partial charge < -0.3 is 10.6 Å². The Bertz CT molecular complexity index is 407.